The third kappa shape index (κ3) is 2.23. The summed E-state index contributed by atoms with van der Waals surface area (Å²) in [4.78, 5) is 7.96. The van der Waals surface area contributed by atoms with E-state index in [-0.39, 0.29) is 5.82 Å². The Hall–Kier alpha value is -2.23. The van der Waals surface area contributed by atoms with Crippen LogP contribution in [-0.2, 0) is 13.0 Å². The number of hydrogen-bond donors (Lipinski definition) is 0. The number of nitrogens with zero attached hydrogens (tertiary/aromatic N) is 6. The quantitative estimate of drug-likeness (QED) is 0.743. The van der Waals surface area contributed by atoms with Crippen molar-refractivity contribution in [1.82, 2.24) is 24.9 Å². The Kier molecular flexibility index (Phi) is 2.91. The molecule has 0 aromatic carbocycles. The van der Waals surface area contributed by atoms with Gasteiger partial charge in [0.2, 0.25) is 5.89 Å². The van der Waals surface area contributed by atoms with Crippen molar-refractivity contribution in [3.63, 3.8) is 0 Å². The van der Waals surface area contributed by atoms with Crippen LogP contribution in [0.5, 0.6) is 0 Å². The minimum Gasteiger partial charge on any atom is -0.337 e. The van der Waals surface area contributed by atoms with E-state index < -0.39 is 0 Å². The van der Waals surface area contributed by atoms with Gasteiger partial charge in [-0.25, -0.2) is 9.67 Å². The lowest BCUT2D eigenvalue weighted by atomic mass is 10.3. The molecular weight excluding hydrogens is 208 g/mol. The van der Waals surface area contributed by atoms with E-state index in [1.54, 1.807) is 0 Å². The zero-order valence-corrected chi connectivity index (χ0v) is 8.79. The third-order valence-electron chi connectivity index (χ3n) is 1.92. The molecule has 0 aliphatic rings. The first kappa shape index (κ1) is 10.3. The Balaban J connectivity index is 2.05. The minimum absolute atomic E-state index is 0.133. The lowest BCUT2D eigenvalue weighted by Crippen LogP contribution is -2.01. The topological polar surface area (TPSA) is 93.4 Å². The van der Waals surface area contributed by atoms with Gasteiger partial charge in [0.15, 0.2) is 5.82 Å². The molecule has 0 unspecified atom stereocenters. The molecule has 2 rings (SSSR count). The van der Waals surface area contributed by atoms with Gasteiger partial charge in [-0.05, 0) is 6.42 Å². The summed E-state index contributed by atoms with van der Waals surface area (Å²) in [6, 6.07) is 1.85. The summed E-state index contributed by atoms with van der Waals surface area (Å²) in [6.45, 7) is 2.39. The molecule has 2 heterocycles. The van der Waals surface area contributed by atoms with Gasteiger partial charge < -0.3 is 4.52 Å². The summed E-state index contributed by atoms with van der Waals surface area (Å²) in [5.74, 6) is 1.30. The van der Waals surface area contributed by atoms with Crippen LogP contribution in [-0.4, -0.2) is 24.9 Å². The summed E-state index contributed by atoms with van der Waals surface area (Å²) in [5, 5.41) is 16.3. The van der Waals surface area contributed by atoms with Crippen molar-refractivity contribution in [2.45, 2.75) is 26.3 Å². The Bertz CT molecular complexity index is 508. The maximum Gasteiger partial charge on any atom is 0.252 e. The Morgan fingerprint density at radius 3 is 3.12 bits per heavy atom. The zero-order chi connectivity index (χ0) is 11.4. The highest BCUT2D eigenvalue weighted by Gasteiger charge is 2.07. The van der Waals surface area contributed by atoms with Gasteiger partial charge in [0.1, 0.15) is 18.9 Å². The maximum atomic E-state index is 8.55. The van der Waals surface area contributed by atoms with Gasteiger partial charge in [0.05, 0.1) is 0 Å². The average Bonchev–Trinajstić information content (AvgIpc) is 2.89. The van der Waals surface area contributed by atoms with Gasteiger partial charge >= 0.3 is 0 Å². The molecule has 7 nitrogen and oxygen atoms in total. The van der Waals surface area contributed by atoms with E-state index >= 15 is 0 Å². The molecule has 2 aromatic heterocycles. The highest BCUT2D eigenvalue weighted by molar-refractivity contribution is 5.05. The van der Waals surface area contributed by atoms with Crippen molar-refractivity contribution in [2.75, 3.05) is 0 Å². The van der Waals surface area contributed by atoms with E-state index in [0.29, 0.717) is 18.3 Å². The number of nitriles is 1. The highest BCUT2D eigenvalue weighted by atomic mass is 16.5. The Labute approximate surface area is 91.7 Å². The van der Waals surface area contributed by atoms with E-state index in [2.05, 4.69) is 20.2 Å². The fourth-order valence-corrected chi connectivity index (χ4v) is 1.24. The molecule has 16 heavy (non-hydrogen) atoms. The Morgan fingerprint density at radius 2 is 2.44 bits per heavy atom. The number of rotatable bonds is 4. The standard InChI is InChI=1S/C9H10N6O/c1-2-3-7-12-9(16-14-7)5-15-6-11-8(4-10)13-15/h6H,2-3,5H2,1H3. The molecule has 0 aliphatic carbocycles. The predicted octanol–water partition coefficient (Wildman–Crippen LogP) is 0.534. The van der Waals surface area contributed by atoms with E-state index in [1.165, 1.54) is 11.0 Å². The Morgan fingerprint density at radius 1 is 1.56 bits per heavy atom. The second-order valence-electron chi connectivity index (χ2n) is 3.23. The van der Waals surface area contributed by atoms with Gasteiger partial charge in [-0.15, -0.1) is 5.10 Å². The van der Waals surface area contributed by atoms with Crippen molar-refractivity contribution in [2.24, 2.45) is 0 Å². The van der Waals surface area contributed by atoms with Crippen molar-refractivity contribution in [1.29, 1.82) is 5.26 Å². The summed E-state index contributed by atoms with van der Waals surface area (Å²) >= 11 is 0. The molecule has 0 saturated heterocycles. The van der Waals surface area contributed by atoms with Crippen LogP contribution in [0.1, 0.15) is 30.9 Å². The van der Waals surface area contributed by atoms with E-state index in [1.807, 2.05) is 13.0 Å². The fourth-order valence-electron chi connectivity index (χ4n) is 1.24. The first-order valence-electron chi connectivity index (χ1n) is 4.93. The number of hydrogen-bond acceptors (Lipinski definition) is 6. The van der Waals surface area contributed by atoms with Gasteiger partial charge in [-0.3, -0.25) is 0 Å². The normalized spacial score (nSPS) is 10.2. The van der Waals surface area contributed by atoms with Gasteiger partial charge in [0.25, 0.3) is 5.82 Å². The van der Waals surface area contributed by atoms with Crippen LogP contribution in [0.2, 0.25) is 0 Å². The number of aromatic nitrogens is 5. The molecule has 0 atom stereocenters. The van der Waals surface area contributed by atoms with Crippen molar-refractivity contribution in [3.8, 4) is 6.07 Å². The summed E-state index contributed by atoms with van der Waals surface area (Å²) < 4.78 is 6.52. The molecule has 0 amide bonds. The lowest BCUT2D eigenvalue weighted by molar-refractivity contribution is 0.361. The van der Waals surface area contributed by atoms with Gasteiger partial charge in [-0.2, -0.15) is 10.2 Å². The molecule has 2 aromatic rings. The molecule has 0 N–H and O–H groups in total. The van der Waals surface area contributed by atoms with Crippen molar-refractivity contribution >= 4 is 0 Å². The SMILES string of the molecule is CCCc1noc(Cn2cnc(C#N)n2)n1. The predicted molar refractivity (Wildman–Crippen MR) is 52.1 cm³/mol. The molecule has 0 radical (unpaired) electrons. The maximum absolute atomic E-state index is 8.55. The van der Waals surface area contributed by atoms with Crippen LogP contribution in [0.4, 0.5) is 0 Å². The second kappa shape index (κ2) is 4.53. The molecule has 0 aliphatic heterocycles. The van der Waals surface area contributed by atoms with Crippen LogP contribution in [0.25, 0.3) is 0 Å². The van der Waals surface area contributed by atoms with Crippen molar-refractivity contribution < 1.29 is 4.52 Å². The van der Waals surface area contributed by atoms with Gasteiger partial charge in [0, 0.05) is 6.42 Å². The molecular formula is C9H10N6O. The highest BCUT2D eigenvalue weighted by Crippen LogP contribution is 2.02. The third-order valence-corrected chi connectivity index (χ3v) is 1.92. The molecule has 0 bridgehead atoms. The average molecular weight is 218 g/mol. The van der Waals surface area contributed by atoms with Crippen LogP contribution in [0, 0.1) is 11.3 Å². The summed E-state index contributed by atoms with van der Waals surface area (Å²) in [6.07, 6.45) is 3.23. The summed E-state index contributed by atoms with van der Waals surface area (Å²) in [7, 11) is 0. The first-order valence-corrected chi connectivity index (χ1v) is 4.93. The molecule has 0 spiro atoms. The summed E-state index contributed by atoms with van der Waals surface area (Å²) in [5.41, 5.74) is 0. The van der Waals surface area contributed by atoms with Crippen LogP contribution >= 0.6 is 0 Å². The van der Waals surface area contributed by atoms with E-state index in [0.717, 1.165) is 12.8 Å². The first-order chi connectivity index (χ1) is 7.81. The van der Waals surface area contributed by atoms with E-state index in [4.69, 9.17) is 9.78 Å². The van der Waals surface area contributed by atoms with E-state index in [9.17, 15) is 0 Å². The van der Waals surface area contributed by atoms with Crippen LogP contribution in [0.3, 0.4) is 0 Å². The molecule has 0 saturated carbocycles. The zero-order valence-electron chi connectivity index (χ0n) is 8.79. The molecule has 82 valence electrons. The fraction of sp³-hybridized carbons (Fsp3) is 0.444. The largest absolute Gasteiger partial charge is 0.337 e. The molecule has 7 heteroatoms. The number of aryl methyl sites for hydroxylation is 1. The van der Waals surface area contributed by atoms with Gasteiger partial charge in [-0.1, -0.05) is 12.1 Å². The second-order valence-corrected chi connectivity index (χ2v) is 3.23. The van der Waals surface area contributed by atoms with Crippen molar-refractivity contribution in [3.05, 3.63) is 23.9 Å². The smallest absolute Gasteiger partial charge is 0.252 e. The minimum atomic E-state index is 0.133. The molecule has 0 fully saturated rings. The lowest BCUT2D eigenvalue weighted by Gasteiger charge is -1.91. The van der Waals surface area contributed by atoms with Crippen LogP contribution in [0.15, 0.2) is 10.9 Å². The monoisotopic (exact) mass is 218 g/mol. The van der Waals surface area contributed by atoms with Crippen LogP contribution < -0.4 is 0 Å².